The third kappa shape index (κ3) is 5.56. The van der Waals surface area contributed by atoms with Crippen molar-refractivity contribution in [1.82, 2.24) is 5.32 Å². The smallest absolute Gasteiger partial charge is 0.337 e. The lowest BCUT2D eigenvalue weighted by Crippen LogP contribution is -2.29. The van der Waals surface area contributed by atoms with E-state index in [9.17, 15) is 14.9 Å². The number of para-hydroxylation sites is 1. The number of nitrogens with one attached hydrogen (secondary N) is 2. The van der Waals surface area contributed by atoms with Gasteiger partial charge in [0.1, 0.15) is 6.61 Å². The van der Waals surface area contributed by atoms with Gasteiger partial charge in [-0.1, -0.05) is 48.7 Å². The molecule has 1 aliphatic heterocycles. The second kappa shape index (κ2) is 11.0. The van der Waals surface area contributed by atoms with Crippen LogP contribution in [0.25, 0.3) is 0 Å². The number of rotatable bonds is 8. The highest BCUT2D eigenvalue weighted by atomic mass is 32.2. The standard InChI is InChI=1S/C25H25N3O3S2/c1-5-11-31-25(30)21-17(4)27-24(18(13-26)22(21)19-10-7-12-32-19)33-14-20(29)28-23-15(2)8-6-9-16(23)3/h5-10,12,22,27H,1,11,14H2,2-4H3,(H,28,29)/t22-/m0/s1. The predicted molar refractivity (Wildman–Crippen MR) is 134 cm³/mol. The van der Waals surface area contributed by atoms with E-state index in [4.69, 9.17) is 4.74 Å². The van der Waals surface area contributed by atoms with Crippen molar-refractivity contribution in [2.24, 2.45) is 0 Å². The van der Waals surface area contributed by atoms with Gasteiger partial charge in [-0.2, -0.15) is 5.26 Å². The summed E-state index contributed by atoms with van der Waals surface area (Å²) in [6.07, 6.45) is 1.50. The third-order valence-electron chi connectivity index (χ3n) is 5.12. The lowest BCUT2D eigenvalue weighted by molar-refractivity contribution is -0.138. The van der Waals surface area contributed by atoms with Crippen LogP contribution < -0.4 is 10.6 Å². The van der Waals surface area contributed by atoms with Crippen molar-refractivity contribution in [2.45, 2.75) is 26.7 Å². The van der Waals surface area contributed by atoms with E-state index in [1.165, 1.54) is 29.2 Å². The van der Waals surface area contributed by atoms with Crippen molar-refractivity contribution in [3.8, 4) is 6.07 Å². The molecule has 0 unspecified atom stereocenters. The maximum Gasteiger partial charge on any atom is 0.337 e. The Bertz CT molecular complexity index is 1150. The van der Waals surface area contributed by atoms with Crippen molar-refractivity contribution < 1.29 is 14.3 Å². The van der Waals surface area contributed by atoms with Gasteiger partial charge in [0.25, 0.3) is 0 Å². The SMILES string of the molecule is C=CCOC(=O)C1=C(C)NC(SCC(=O)Nc2c(C)cccc2C)=C(C#N)[C@H]1c1cccs1. The number of anilines is 1. The van der Waals surface area contributed by atoms with E-state index in [1.54, 1.807) is 6.92 Å². The average Bonchev–Trinajstić information content (AvgIpc) is 3.32. The van der Waals surface area contributed by atoms with Crippen LogP contribution in [0.15, 0.2) is 70.2 Å². The number of hydrogen-bond acceptors (Lipinski definition) is 7. The molecule has 0 saturated carbocycles. The molecule has 2 aromatic rings. The Morgan fingerprint density at radius 3 is 2.61 bits per heavy atom. The number of amides is 1. The molecule has 33 heavy (non-hydrogen) atoms. The summed E-state index contributed by atoms with van der Waals surface area (Å²) in [7, 11) is 0. The molecule has 1 aromatic heterocycles. The molecule has 1 atom stereocenters. The number of thiophene rings is 1. The predicted octanol–water partition coefficient (Wildman–Crippen LogP) is 5.16. The Morgan fingerprint density at radius 2 is 2.00 bits per heavy atom. The number of carbonyl (C=O) groups is 2. The summed E-state index contributed by atoms with van der Waals surface area (Å²) in [6, 6.07) is 11.9. The van der Waals surface area contributed by atoms with E-state index in [2.05, 4.69) is 23.3 Å². The summed E-state index contributed by atoms with van der Waals surface area (Å²) in [6.45, 7) is 9.33. The third-order valence-corrected chi connectivity index (χ3v) is 7.07. The highest BCUT2D eigenvalue weighted by molar-refractivity contribution is 8.03. The molecule has 6 nitrogen and oxygen atoms in total. The van der Waals surface area contributed by atoms with Gasteiger partial charge >= 0.3 is 5.97 Å². The van der Waals surface area contributed by atoms with Crippen molar-refractivity contribution in [1.29, 1.82) is 5.26 Å². The van der Waals surface area contributed by atoms with Gasteiger partial charge < -0.3 is 15.4 Å². The van der Waals surface area contributed by atoms with Crippen LogP contribution in [-0.4, -0.2) is 24.2 Å². The highest BCUT2D eigenvalue weighted by Gasteiger charge is 2.36. The molecule has 170 valence electrons. The summed E-state index contributed by atoms with van der Waals surface area (Å²) in [5.74, 6) is -1.11. The first-order valence-corrected chi connectivity index (χ1v) is 12.2. The van der Waals surface area contributed by atoms with Gasteiger partial charge in [-0.25, -0.2) is 4.79 Å². The van der Waals surface area contributed by atoms with Crippen LogP contribution in [0.4, 0.5) is 5.69 Å². The van der Waals surface area contributed by atoms with Gasteiger partial charge in [-0.05, 0) is 43.3 Å². The second-order valence-corrected chi connectivity index (χ2v) is 9.42. The Balaban J connectivity index is 1.85. The molecule has 0 radical (unpaired) electrons. The average molecular weight is 480 g/mol. The van der Waals surface area contributed by atoms with Crippen LogP contribution >= 0.6 is 23.1 Å². The number of nitriles is 1. The number of allylic oxidation sites excluding steroid dienone is 2. The Morgan fingerprint density at radius 1 is 1.27 bits per heavy atom. The van der Waals surface area contributed by atoms with Crippen molar-refractivity contribution in [3.63, 3.8) is 0 Å². The molecule has 8 heteroatoms. The molecule has 0 aliphatic carbocycles. The Kier molecular flexibility index (Phi) is 8.15. The first kappa shape index (κ1) is 24.4. The largest absolute Gasteiger partial charge is 0.458 e. The molecule has 1 amide bonds. The number of aryl methyl sites for hydroxylation is 2. The zero-order chi connectivity index (χ0) is 24.0. The highest BCUT2D eigenvalue weighted by Crippen LogP contribution is 2.42. The number of nitrogens with zero attached hydrogens (tertiary/aromatic N) is 1. The van der Waals surface area contributed by atoms with E-state index >= 15 is 0 Å². The molecule has 1 aromatic carbocycles. The molecule has 0 saturated heterocycles. The van der Waals surface area contributed by atoms with Gasteiger partial charge in [-0.3, -0.25) is 4.79 Å². The summed E-state index contributed by atoms with van der Waals surface area (Å²) in [5, 5.41) is 18.6. The van der Waals surface area contributed by atoms with Crippen LogP contribution in [0.5, 0.6) is 0 Å². The Labute approximate surface area is 202 Å². The molecule has 0 bridgehead atoms. The quantitative estimate of drug-likeness (QED) is 0.401. The van der Waals surface area contributed by atoms with E-state index < -0.39 is 11.9 Å². The van der Waals surface area contributed by atoms with Gasteiger partial charge in [0.15, 0.2) is 0 Å². The molecule has 0 spiro atoms. The molecular formula is C25H25N3O3S2. The maximum absolute atomic E-state index is 12.8. The number of benzene rings is 1. The first-order chi connectivity index (χ1) is 15.9. The number of ether oxygens (including phenoxy) is 1. The minimum atomic E-state index is -0.558. The van der Waals surface area contributed by atoms with Gasteiger partial charge in [0.2, 0.25) is 5.91 Å². The molecule has 2 heterocycles. The zero-order valence-electron chi connectivity index (χ0n) is 18.7. The normalized spacial score (nSPS) is 15.5. The van der Waals surface area contributed by atoms with Gasteiger partial charge in [0.05, 0.1) is 33.9 Å². The van der Waals surface area contributed by atoms with Crippen LogP contribution in [-0.2, 0) is 14.3 Å². The van der Waals surface area contributed by atoms with Crippen LogP contribution in [0.3, 0.4) is 0 Å². The number of thioether (sulfide) groups is 1. The lowest BCUT2D eigenvalue weighted by Gasteiger charge is -2.28. The Hall–Kier alpha value is -3.28. The van der Waals surface area contributed by atoms with Crippen LogP contribution in [0, 0.1) is 25.2 Å². The maximum atomic E-state index is 12.8. The molecule has 0 fully saturated rings. The minimum Gasteiger partial charge on any atom is -0.458 e. The van der Waals surface area contributed by atoms with Gasteiger partial charge in [-0.15, -0.1) is 11.3 Å². The molecule has 1 aliphatic rings. The number of hydrogen-bond donors (Lipinski definition) is 2. The van der Waals surface area contributed by atoms with Crippen molar-refractivity contribution >= 4 is 40.7 Å². The van der Waals surface area contributed by atoms with E-state index in [-0.39, 0.29) is 18.3 Å². The molecule has 2 N–H and O–H groups in total. The fraction of sp³-hybridized carbons (Fsp3) is 0.240. The van der Waals surface area contributed by atoms with E-state index in [0.717, 1.165) is 21.7 Å². The lowest BCUT2D eigenvalue weighted by atomic mass is 9.87. The van der Waals surface area contributed by atoms with E-state index in [1.807, 2.05) is 49.6 Å². The first-order valence-electron chi connectivity index (χ1n) is 10.3. The zero-order valence-corrected chi connectivity index (χ0v) is 20.4. The second-order valence-electron chi connectivity index (χ2n) is 7.46. The van der Waals surface area contributed by atoms with Crippen molar-refractivity contribution in [3.05, 3.63) is 86.2 Å². The van der Waals surface area contributed by atoms with Crippen molar-refractivity contribution in [2.75, 3.05) is 17.7 Å². The summed E-state index contributed by atoms with van der Waals surface area (Å²) in [5.41, 5.74) is 4.15. The van der Waals surface area contributed by atoms with Crippen LogP contribution in [0.1, 0.15) is 28.8 Å². The fourth-order valence-corrected chi connectivity index (χ4v) is 5.31. The summed E-state index contributed by atoms with van der Waals surface area (Å²) in [4.78, 5) is 26.3. The van der Waals surface area contributed by atoms with Crippen LogP contribution in [0.2, 0.25) is 0 Å². The number of esters is 1. The number of carbonyl (C=O) groups excluding carboxylic acids is 2. The topological polar surface area (TPSA) is 91.2 Å². The number of dihydropyridines is 1. The molecular weight excluding hydrogens is 454 g/mol. The fourth-order valence-electron chi connectivity index (χ4n) is 3.57. The summed E-state index contributed by atoms with van der Waals surface area (Å²) >= 11 is 2.70. The minimum absolute atomic E-state index is 0.0818. The monoisotopic (exact) mass is 479 g/mol. The van der Waals surface area contributed by atoms with Gasteiger partial charge in [0, 0.05) is 16.3 Å². The van der Waals surface area contributed by atoms with E-state index in [0.29, 0.717) is 21.9 Å². The summed E-state index contributed by atoms with van der Waals surface area (Å²) < 4.78 is 5.29. The molecule has 3 rings (SSSR count).